The van der Waals surface area contributed by atoms with Gasteiger partial charge < -0.3 is 10.2 Å². The third kappa shape index (κ3) is 3.91. The second-order valence-electron chi connectivity index (χ2n) is 3.05. The summed E-state index contributed by atoms with van der Waals surface area (Å²) >= 11 is 0. The van der Waals surface area contributed by atoms with Crippen molar-refractivity contribution in [3.8, 4) is 0 Å². The maximum Gasteiger partial charge on any atom is 0.307 e. The highest BCUT2D eigenvalue weighted by atomic mass is 19.1. The highest BCUT2D eigenvalue weighted by Gasteiger charge is 1.98. The van der Waals surface area contributed by atoms with Gasteiger partial charge in [0.1, 0.15) is 5.82 Å². The van der Waals surface area contributed by atoms with Crippen LogP contribution in [0.5, 0.6) is 0 Å². The van der Waals surface area contributed by atoms with E-state index in [0.717, 1.165) is 0 Å². The van der Waals surface area contributed by atoms with Crippen LogP contribution < -0.4 is 0 Å². The van der Waals surface area contributed by atoms with E-state index in [1.54, 1.807) is 6.07 Å². The molecular formula is C11H11FO3. The van der Waals surface area contributed by atoms with Crippen molar-refractivity contribution in [3.63, 3.8) is 0 Å². The average molecular weight is 210 g/mol. The topological polar surface area (TPSA) is 57.5 Å². The number of benzene rings is 1. The van der Waals surface area contributed by atoms with E-state index in [1.165, 1.54) is 24.3 Å². The molecule has 0 saturated carbocycles. The van der Waals surface area contributed by atoms with Crippen LogP contribution in [0.4, 0.5) is 4.39 Å². The molecule has 0 aliphatic carbocycles. The van der Waals surface area contributed by atoms with Gasteiger partial charge in [-0.2, -0.15) is 0 Å². The quantitative estimate of drug-likeness (QED) is 0.796. The van der Waals surface area contributed by atoms with E-state index in [-0.39, 0.29) is 13.0 Å². The summed E-state index contributed by atoms with van der Waals surface area (Å²) in [6.07, 6.45) is 2.83. The Balaban J connectivity index is 2.80. The second-order valence-corrected chi connectivity index (χ2v) is 3.05. The van der Waals surface area contributed by atoms with Gasteiger partial charge >= 0.3 is 5.97 Å². The monoisotopic (exact) mass is 210 g/mol. The number of carbonyl (C=O) groups is 1. The summed E-state index contributed by atoms with van der Waals surface area (Å²) in [6.45, 7) is -0.239. The first-order valence-corrected chi connectivity index (χ1v) is 4.40. The number of aliphatic carboxylic acids is 1. The highest BCUT2D eigenvalue weighted by Crippen LogP contribution is 2.11. The number of carboxylic acids is 1. The van der Waals surface area contributed by atoms with Crippen LogP contribution in [0.15, 0.2) is 24.3 Å². The van der Waals surface area contributed by atoms with E-state index < -0.39 is 11.8 Å². The first-order chi connectivity index (χ1) is 7.11. The average Bonchev–Trinajstić information content (AvgIpc) is 2.16. The summed E-state index contributed by atoms with van der Waals surface area (Å²) in [7, 11) is 0. The van der Waals surface area contributed by atoms with Gasteiger partial charge in [-0.3, -0.25) is 4.79 Å². The van der Waals surface area contributed by atoms with Gasteiger partial charge in [-0.1, -0.05) is 12.2 Å². The number of aliphatic hydroxyl groups excluding tert-OH is 1. The largest absolute Gasteiger partial charge is 0.481 e. The molecule has 0 unspecified atom stereocenters. The van der Waals surface area contributed by atoms with Crippen LogP contribution >= 0.6 is 0 Å². The van der Waals surface area contributed by atoms with Crippen molar-refractivity contribution in [1.29, 1.82) is 0 Å². The predicted octanol–water partition coefficient (Wildman–Crippen LogP) is 1.81. The first-order valence-electron chi connectivity index (χ1n) is 4.40. The van der Waals surface area contributed by atoms with Crippen LogP contribution in [0.3, 0.4) is 0 Å². The molecule has 0 atom stereocenters. The van der Waals surface area contributed by atoms with Crippen molar-refractivity contribution in [1.82, 2.24) is 0 Å². The minimum atomic E-state index is -0.940. The number of carboxylic acid groups (broad SMARTS) is 1. The maximum absolute atomic E-state index is 12.9. The number of hydrogen-bond acceptors (Lipinski definition) is 2. The van der Waals surface area contributed by atoms with Gasteiger partial charge in [0.2, 0.25) is 0 Å². The zero-order valence-corrected chi connectivity index (χ0v) is 7.98. The molecule has 0 aromatic heterocycles. The maximum atomic E-state index is 12.9. The number of halogens is 1. The SMILES string of the molecule is O=C(O)C/C=C/c1cc(F)cc(CO)c1. The Morgan fingerprint density at radius 2 is 2.13 bits per heavy atom. The van der Waals surface area contributed by atoms with Crippen molar-refractivity contribution in [2.24, 2.45) is 0 Å². The summed E-state index contributed by atoms with van der Waals surface area (Å²) in [5, 5.41) is 17.2. The van der Waals surface area contributed by atoms with Crippen LogP contribution in [0.1, 0.15) is 17.5 Å². The molecule has 4 heteroatoms. The van der Waals surface area contributed by atoms with Gasteiger partial charge in [-0.15, -0.1) is 0 Å². The third-order valence-corrected chi connectivity index (χ3v) is 1.77. The van der Waals surface area contributed by atoms with Gasteiger partial charge in [-0.25, -0.2) is 4.39 Å². The summed E-state index contributed by atoms with van der Waals surface area (Å²) < 4.78 is 12.9. The van der Waals surface area contributed by atoms with Crippen LogP contribution in [0, 0.1) is 5.82 Å². The Morgan fingerprint density at radius 3 is 2.73 bits per heavy atom. The molecule has 0 aliphatic heterocycles. The fraction of sp³-hybridized carbons (Fsp3) is 0.182. The van der Waals surface area contributed by atoms with Crippen molar-refractivity contribution < 1.29 is 19.4 Å². The molecule has 3 nitrogen and oxygen atoms in total. The Morgan fingerprint density at radius 1 is 1.40 bits per heavy atom. The Bertz CT molecular complexity index is 385. The van der Waals surface area contributed by atoms with Crippen molar-refractivity contribution in [2.45, 2.75) is 13.0 Å². The second kappa shape index (κ2) is 5.26. The lowest BCUT2D eigenvalue weighted by Gasteiger charge is -1.99. The molecule has 0 saturated heterocycles. The lowest BCUT2D eigenvalue weighted by atomic mass is 10.1. The molecule has 15 heavy (non-hydrogen) atoms. The molecule has 0 aliphatic rings. The molecule has 0 spiro atoms. The molecular weight excluding hydrogens is 199 g/mol. The molecule has 0 amide bonds. The van der Waals surface area contributed by atoms with Gasteiger partial charge in [0.05, 0.1) is 13.0 Å². The fourth-order valence-electron chi connectivity index (χ4n) is 1.16. The molecule has 0 fully saturated rings. The zero-order valence-electron chi connectivity index (χ0n) is 7.98. The standard InChI is InChI=1S/C11H11FO3/c12-10-5-8(2-1-3-11(14)15)4-9(6-10)7-13/h1-2,4-6,13H,3,7H2,(H,14,15)/b2-1+. The van der Waals surface area contributed by atoms with Crippen molar-refractivity contribution >= 4 is 12.0 Å². The minimum absolute atomic E-state index is 0.106. The normalized spacial score (nSPS) is 10.8. The number of rotatable bonds is 4. The summed E-state index contributed by atoms with van der Waals surface area (Å²) in [5.74, 6) is -1.39. The fourth-order valence-corrected chi connectivity index (χ4v) is 1.16. The molecule has 2 N–H and O–H groups in total. The zero-order chi connectivity index (χ0) is 11.3. The highest BCUT2D eigenvalue weighted by molar-refractivity contribution is 5.70. The smallest absolute Gasteiger partial charge is 0.307 e. The first kappa shape index (κ1) is 11.4. The Labute approximate surface area is 86.5 Å². The summed E-state index contributed by atoms with van der Waals surface area (Å²) in [6, 6.07) is 4.10. The lowest BCUT2D eigenvalue weighted by Crippen LogP contribution is -1.90. The predicted molar refractivity (Wildman–Crippen MR) is 53.6 cm³/mol. The van der Waals surface area contributed by atoms with E-state index in [9.17, 15) is 9.18 Å². The third-order valence-electron chi connectivity index (χ3n) is 1.77. The van der Waals surface area contributed by atoms with E-state index in [4.69, 9.17) is 10.2 Å². The number of aliphatic hydroxyl groups is 1. The van der Waals surface area contributed by atoms with Crippen LogP contribution in [-0.2, 0) is 11.4 Å². The van der Waals surface area contributed by atoms with E-state index in [2.05, 4.69) is 0 Å². The van der Waals surface area contributed by atoms with Gasteiger partial charge in [0.15, 0.2) is 0 Å². The minimum Gasteiger partial charge on any atom is -0.481 e. The molecule has 80 valence electrons. The van der Waals surface area contributed by atoms with E-state index in [1.807, 2.05) is 0 Å². The van der Waals surface area contributed by atoms with E-state index in [0.29, 0.717) is 11.1 Å². The lowest BCUT2D eigenvalue weighted by molar-refractivity contribution is -0.135. The molecule has 1 rings (SSSR count). The Hall–Kier alpha value is -1.68. The summed E-state index contributed by atoms with van der Waals surface area (Å²) in [4.78, 5) is 10.2. The number of hydrogen-bond donors (Lipinski definition) is 2. The van der Waals surface area contributed by atoms with Crippen molar-refractivity contribution in [3.05, 3.63) is 41.2 Å². The Kier molecular flexibility index (Phi) is 4.00. The molecule has 1 aromatic rings. The van der Waals surface area contributed by atoms with Gasteiger partial charge in [0.25, 0.3) is 0 Å². The van der Waals surface area contributed by atoms with Crippen LogP contribution in [0.25, 0.3) is 6.08 Å². The van der Waals surface area contributed by atoms with Gasteiger partial charge in [0, 0.05) is 0 Å². The molecule has 0 heterocycles. The molecule has 0 bridgehead atoms. The van der Waals surface area contributed by atoms with Crippen molar-refractivity contribution in [2.75, 3.05) is 0 Å². The van der Waals surface area contributed by atoms with Crippen LogP contribution in [-0.4, -0.2) is 16.2 Å². The summed E-state index contributed by atoms with van der Waals surface area (Å²) in [5.41, 5.74) is 1.00. The molecule has 0 radical (unpaired) electrons. The molecule has 1 aromatic carbocycles. The van der Waals surface area contributed by atoms with Gasteiger partial charge in [-0.05, 0) is 29.3 Å². The van der Waals surface area contributed by atoms with E-state index >= 15 is 0 Å². The van der Waals surface area contributed by atoms with Crippen LogP contribution in [0.2, 0.25) is 0 Å².